The van der Waals surface area contributed by atoms with Gasteiger partial charge in [-0.3, -0.25) is 14.9 Å². The summed E-state index contributed by atoms with van der Waals surface area (Å²) in [6, 6.07) is 9.98. The average Bonchev–Trinajstić information content (AvgIpc) is 2.79. The number of hydrogen-bond acceptors (Lipinski definition) is 8. The zero-order valence-electron chi connectivity index (χ0n) is 17.4. The molecule has 1 aliphatic heterocycles. The van der Waals surface area contributed by atoms with Crippen molar-refractivity contribution in [3.05, 3.63) is 52.6 Å². The number of carbonyl (C=O) groups is 1. The monoisotopic (exact) mass is 465 g/mol. The van der Waals surface area contributed by atoms with E-state index in [-0.39, 0.29) is 47.5 Å². The number of morpholine rings is 1. The molecule has 0 saturated carbocycles. The van der Waals surface area contributed by atoms with Gasteiger partial charge in [0.15, 0.2) is 12.4 Å². The number of nitrogens with one attached hydrogen (secondary N) is 1. The number of hydrogen-bond donors (Lipinski definition) is 1. The molecule has 0 spiro atoms. The number of carbonyl (C=O) groups excluding carboxylic acids is 1. The normalized spacial score (nSPS) is 14.5. The summed E-state index contributed by atoms with van der Waals surface area (Å²) in [4.78, 5) is 22.7. The maximum absolute atomic E-state index is 13.1. The third-order valence-electron chi connectivity index (χ3n) is 4.54. The fraction of sp³-hybridized carbons (Fsp3) is 0.350. The average molecular weight is 465 g/mol. The van der Waals surface area contributed by atoms with Gasteiger partial charge >= 0.3 is 5.69 Å². The second kappa shape index (κ2) is 10.4. The molecule has 0 aromatic heterocycles. The van der Waals surface area contributed by atoms with Crippen molar-refractivity contribution in [1.82, 2.24) is 4.31 Å². The Kier molecular flexibility index (Phi) is 7.62. The summed E-state index contributed by atoms with van der Waals surface area (Å²) in [6.07, 6.45) is 0. The van der Waals surface area contributed by atoms with Crippen molar-refractivity contribution in [2.75, 3.05) is 44.8 Å². The first-order valence-corrected chi connectivity index (χ1v) is 11.3. The number of para-hydroxylation sites is 2. The lowest BCUT2D eigenvalue weighted by molar-refractivity contribution is -0.385. The molecule has 12 heteroatoms. The predicted octanol–water partition coefficient (Wildman–Crippen LogP) is 2.03. The molecule has 0 radical (unpaired) electrons. The van der Waals surface area contributed by atoms with Gasteiger partial charge in [0.25, 0.3) is 5.91 Å². The number of benzene rings is 2. The van der Waals surface area contributed by atoms with E-state index in [1.807, 2.05) is 0 Å². The van der Waals surface area contributed by atoms with Crippen molar-refractivity contribution >= 4 is 27.3 Å². The van der Waals surface area contributed by atoms with Gasteiger partial charge in [-0.1, -0.05) is 12.1 Å². The first-order chi connectivity index (χ1) is 15.3. The molecule has 1 saturated heterocycles. The molecule has 0 bridgehead atoms. The Morgan fingerprint density at radius 3 is 2.56 bits per heavy atom. The maximum atomic E-state index is 13.1. The number of sulfonamides is 1. The zero-order valence-corrected chi connectivity index (χ0v) is 18.2. The molecule has 3 rings (SSSR count). The van der Waals surface area contributed by atoms with Gasteiger partial charge in [0.1, 0.15) is 10.6 Å². The molecule has 2 aromatic carbocycles. The number of ether oxygens (including phenoxy) is 3. The second-order valence-corrected chi connectivity index (χ2v) is 8.58. The van der Waals surface area contributed by atoms with E-state index in [1.54, 1.807) is 13.0 Å². The quantitative estimate of drug-likeness (QED) is 0.439. The SMILES string of the molecule is CCOc1ccc(NC(=O)COc2ccccc2[N+](=O)[O-])cc1S(=O)(=O)N1CCOCC1. The minimum atomic E-state index is -3.87. The molecular formula is C20H23N3O8S. The Hall–Kier alpha value is -3.22. The van der Waals surface area contributed by atoms with Gasteiger partial charge in [0.2, 0.25) is 10.0 Å². The van der Waals surface area contributed by atoms with Crippen molar-refractivity contribution in [3.8, 4) is 11.5 Å². The number of amides is 1. The summed E-state index contributed by atoms with van der Waals surface area (Å²) < 4.78 is 43.5. The highest BCUT2D eigenvalue weighted by atomic mass is 32.2. The van der Waals surface area contributed by atoms with E-state index < -0.39 is 27.5 Å². The molecule has 2 aromatic rings. The van der Waals surface area contributed by atoms with E-state index in [2.05, 4.69) is 5.32 Å². The Balaban J connectivity index is 1.76. The number of nitro benzene ring substituents is 1. The van der Waals surface area contributed by atoms with Gasteiger partial charge in [-0.15, -0.1) is 0 Å². The van der Waals surface area contributed by atoms with Gasteiger partial charge in [0.05, 0.1) is 24.7 Å². The van der Waals surface area contributed by atoms with Crippen LogP contribution in [0, 0.1) is 10.1 Å². The molecule has 32 heavy (non-hydrogen) atoms. The third kappa shape index (κ3) is 5.52. The maximum Gasteiger partial charge on any atom is 0.310 e. The lowest BCUT2D eigenvalue weighted by atomic mass is 10.3. The van der Waals surface area contributed by atoms with E-state index in [9.17, 15) is 23.3 Å². The number of nitrogens with zero attached hydrogens (tertiary/aromatic N) is 2. The van der Waals surface area contributed by atoms with Gasteiger partial charge in [-0.25, -0.2) is 8.42 Å². The molecule has 172 valence electrons. The molecule has 1 amide bonds. The van der Waals surface area contributed by atoms with E-state index in [1.165, 1.54) is 40.7 Å². The minimum Gasteiger partial charge on any atom is -0.492 e. The lowest BCUT2D eigenvalue weighted by Crippen LogP contribution is -2.40. The van der Waals surface area contributed by atoms with Crippen LogP contribution in [0.5, 0.6) is 11.5 Å². The van der Waals surface area contributed by atoms with Gasteiger partial charge < -0.3 is 19.5 Å². The third-order valence-corrected chi connectivity index (χ3v) is 6.46. The standard InChI is InChI=1S/C20H23N3O8S/c1-2-30-18-8-7-15(13-19(18)32(27,28)22-9-11-29-12-10-22)21-20(24)14-31-17-6-4-3-5-16(17)23(25)26/h3-8,13H,2,9-12,14H2,1H3,(H,21,24). The Morgan fingerprint density at radius 1 is 1.16 bits per heavy atom. The Labute approximate surface area is 185 Å². The van der Waals surface area contributed by atoms with Crippen molar-refractivity contribution in [3.63, 3.8) is 0 Å². The van der Waals surface area contributed by atoms with Crippen LogP contribution in [0.4, 0.5) is 11.4 Å². The smallest absolute Gasteiger partial charge is 0.310 e. The molecule has 0 atom stereocenters. The lowest BCUT2D eigenvalue weighted by Gasteiger charge is -2.27. The number of anilines is 1. The largest absolute Gasteiger partial charge is 0.492 e. The Morgan fingerprint density at radius 2 is 1.88 bits per heavy atom. The summed E-state index contributed by atoms with van der Waals surface area (Å²) in [5.74, 6) is -0.481. The summed E-state index contributed by atoms with van der Waals surface area (Å²) in [6.45, 7) is 2.53. The van der Waals surface area contributed by atoms with Crippen LogP contribution < -0.4 is 14.8 Å². The Bertz CT molecular complexity index is 1080. The first kappa shape index (κ1) is 23.4. The fourth-order valence-electron chi connectivity index (χ4n) is 3.06. The minimum absolute atomic E-state index is 0.0464. The van der Waals surface area contributed by atoms with E-state index in [0.29, 0.717) is 13.2 Å². The molecular weight excluding hydrogens is 442 g/mol. The van der Waals surface area contributed by atoms with Gasteiger partial charge in [0, 0.05) is 24.8 Å². The molecule has 11 nitrogen and oxygen atoms in total. The molecule has 0 aliphatic carbocycles. The molecule has 1 N–H and O–H groups in total. The van der Waals surface area contributed by atoms with Crippen LogP contribution in [0.1, 0.15) is 6.92 Å². The summed E-state index contributed by atoms with van der Waals surface area (Å²) in [5, 5.41) is 13.6. The van der Waals surface area contributed by atoms with E-state index in [4.69, 9.17) is 14.2 Å². The molecule has 1 aliphatic rings. The first-order valence-electron chi connectivity index (χ1n) is 9.83. The molecule has 0 unspecified atom stereocenters. The van der Waals surface area contributed by atoms with Gasteiger partial charge in [-0.05, 0) is 31.2 Å². The second-order valence-electron chi connectivity index (χ2n) is 6.67. The van der Waals surface area contributed by atoms with Crippen LogP contribution in [0.25, 0.3) is 0 Å². The summed E-state index contributed by atoms with van der Waals surface area (Å²) in [7, 11) is -3.87. The van der Waals surface area contributed by atoms with Crippen molar-refractivity contribution in [2.24, 2.45) is 0 Å². The highest BCUT2D eigenvalue weighted by molar-refractivity contribution is 7.89. The summed E-state index contributed by atoms with van der Waals surface area (Å²) >= 11 is 0. The highest BCUT2D eigenvalue weighted by Gasteiger charge is 2.30. The van der Waals surface area contributed by atoms with Crippen LogP contribution >= 0.6 is 0 Å². The van der Waals surface area contributed by atoms with Crippen LogP contribution in [0.15, 0.2) is 47.4 Å². The highest BCUT2D eigenvalue weighted by Crippen LogP contribution is 2.31. The van der Waals surface area contributed by atoms with Crippen molar-refractivity contribution < 1.29 is 32.3 Å². The van der Waals surface area contributed by atoms with Crippen molar-refractivity contribution in [2.45, 2.75) is 11.8 Å². The van der Waals surface area contributed by atoms with E-state index >= 15 is 0 Å². The van der Waals surface area contributed by atoms with Crippen LogP contribution in [0.2, 0.25) is 0 Å². The fourth-order valence-corrected chi connectivity index (χ4v) is 4.62. The zero-order chi connectivity index (χ0) is 23.1. The van der Waals surface area contributed by atoms with Gasteiger partial charge in [-0.2, -0.15) is 4.31 Å². The molecule has 1 heterocycles. The van der Waals surface area contributed by atoms with Crippen LogP contribution in [0.3, 0.4) is 0 Å². The number of rotatable bonds is 9. The predicted molar refractivity (Wildman–Crippen MR) is 114 cm³/mol. The van der Waals surface area contributed by atoms with Crippen LogP contribution in [-0.2, 0) is 19.6 Å². The van der Waals surface area contributed by atoms with E-state index in [0.717, 1.165) is 0 Å². The van der Waals surface area contributed by atoms with Crippen molar-refractivity contribution in [1.29, 1.82) is 0 Å². The molecule has 1 fully saturated rings. The number of nitro groups is 1. The summed E-state index contributed by atoms with van der Waals surface area (Å²) in [5.41, 5.74) is -0.0447. The van der Waals surface area contributed by atoms with Crippen LogP contribution in [-0.4, -0.2) is 63.1 Å². The topological polar surface area (TPSA) is 137 Å².